The van der Waals surface area contributed by atoms with E-state index in [1.807, 2.05) is 36.4 Å². The van der Waals surface area contributed by atoms with E-state index in [-0.39, 0.29) is 6.04 Å². The molecule has 144 valence electrons. The van der Waals surface area contributed by atoms with Crippen LogP contribution in [0.2, 0.25) is 0 Å². The Morgan fingerprint density at radius 1 is 1.00 bits per heavy atom. The van der Waals surface area contributed by atoms with Gasteiger partial charge < -0.3 is 5.32 Å². The molecule has 0 saturated heterocycles. The number of hydrogen-bond acceptors (Lipinski definition) is 2. The van der Waals surface area contributed by atoms with Crippen LogP contribution in [0.15, 0.2) is 60.7 Å². The first-order valence-corrected chi connectivity index (χ1v) is 9.21. The Balaban J connectivity index is 1.62. The van der Waals surface area contributed by atoms with Crippen molar-refractivity contribution < 1.29 is 13.2 Å². The predicted molar refractivity (Wildman–Crippen MR) is 105 cm³/mol. The van der Waals surface area contributed by atoms with E-state index >= 15 is 0 Å². The molecular formula is C23H21F3N2. The summed E-state index contributed by atoms with van der Waals surface area (Å²) in [5.74, 6) is 0. The van der Waals surface area contributed by atoms with Gasteiger partial charge in [-0.25, -0.2) is 0 Å². The number of nitrogens with one attached hydrogen (secondary N) is 1. The van der Waals surface area contributed by atoms with Crippen LogP contribution in [0.4, 0.5) is 13.2 Å². The first kappa shape index (κ1) is 19.9. The van der Waals surface area contributed by atoms with E-state index in [1.54, 1.807) is 6.07 Å². The third kappa shape index (κ3) is 4.52. The molecule has 0 radical (unpaired) electrons. The number of nitriles is 1. The Kier molecular flexibility index (Phi) is 6.01. The summed E-state index contributed by atoms with van der Waals surface area (Å²) in [6, 6.07) is 19.4. The fraction of sp³-hybridized carbons (Fsp3) is 0.261. The van der Waals surface area contributed by atoms with Crippen LogP contribution in [-0.2, 0) is 12.6 Å². The lowest BCUT2D eigenvalue weighted by Gasteiger charge is -2.17. The smallest absolute Gasteiger partial charge is 0.310 e. The molecule has 1 atom stereocenters. The normalized spacial score (nSPS) is 12.7. The van der Waals surface area contributed by atoms with Gasteiger partial charge in [0.15, 0.2) is 0 Å². The van der Waals surface area contributed by atoms with Gasteiger partial charge in [0, 0.05) is 6.04 Å². The number of nitrogens with zero attached hydrogens (tertiary/aromatic N) is 1. The SMILES string of the molecule is C[C@@H](NCCCc1cccc(C(F)(F)F)c1)c1ccc([11C]#N)c2ccccc12. The van der Waals surface area contributed by atoms with E-state index in [2.05, 4.69) is 18.3 Å². The number of aryl methyl sites for hydroxylation is 1. The first-order valence-electron chi connectivity index (χ1n) is 9.21. The summed E-state index contributed by atoms with van der Waals surface area (Å²) in [6.45, 7) is 2.74. The molecular weight excluding hydrogens is 360 g/mol. The molecule has 0 aliphatic rings. The maximum atomic E-state index is 12.8. The molecule has 3 aromatic carbocycles. The van der Waals surface area contributed by atoms with Crippen LogP contribution in [0.3, 0.4) is 0 Å². The average Bonchev–Trinajstić information content (AvgIpc) is 2.69. The number of alkyl halides is 3. The van der Waals surface area contributed by atoms with E-state index in [9.17, 15) is 18.4 Å². The molecule has 0 aliphatic heterocycles. The van der Waals surface area contributed by atoms with Gasteiger partial charge in [-0.05, 0) is 60.3 Å². The maximum absolute atomic E-state index is 12.8. The lowest BCUT2D eigenvalue weighted by Crippen LogP contribution is -2.20. The van der Waals surface area contributed by atoms with Gasteiger partial charge in [0.1, 0.15) is 0 Å². The van der Waals surface area contributed by atoms with Crippen molar-refractivity contribution in [2.24, 2.45) is 0 Å². The molecule has 0 fully saturated rings. The molecule has 0 aromatic heterocycles. The van der Waals surface area contributed by atoms with Gasteiger partial charge in [-0.1, -0.05) is 48.5 Å². The molecule has 0 heterocycles. The van der Waals surface area contributed by atoms with Crippen molar-refractivity contribution >= 4 is 10.8 Å². The van der Waals surface area contributed by atoms with E-state index in [4.69, 9.17) is 0 Å². The molecule has 0 spiro atoms. The van der Waals surface area contributed by atoms with Gasteiger partial charge in [0.25, 0.3) is 0 Å². The monoisotopic (exact) mass is 381 g/mol. The zero-order valence-electron chi connectivity index (χ0n) is 15.6. The molecule has 2 nitrogen and oxygen atoms in total. The van der Waals surface area contributed by atoms with Crippen LogP contribution in [0.5, 0.6) is 0 Å². The molecule has 3 aromatic rings. The lowest BCUT2D eigenvalue weighted by atomic mass is 9.89. The number of halogens is 3. The van der Waals surface area contributed by atoms with Crippen molar-refractivity contribution in [1.29, 1.82) is 5.26 Å². The highest BCUT2D eigenvalue weighted by molar-refractivity contribution is 5.90. The summed E-state index contributed by atoms with van der Waals surface area (Å²) in [7, 11) is 0. The molecule has 1 N–H and O–H groups in total. The minimum absolute atomic E-state index is 0.0687. The van der Waals surface area contributed by atoms with Crippen molar-refractivity contribution in [2.75, 3.05) is 6.54 Å². The van der Waals surface area contributed by atoms with E-state index in [0.29, 0.717) is 24.1 Å². The molecule has 0 saturated carbocycles. The summed E-state index contributed by atoms with van der Waals surface area (Å²) in [4.78, 5) is 0. The first-order chi connectivity index (χ1) is 13.4. The van der Waals surface area contributed by atoms with Crippen LogP contribution in [0, 0.1) is 11.3 Å². The molecule has 0 bridgehead atoms. The lowest BCUT2D eigenvalue weighted by molar-refractivity contribution is -0.137. The minimum atomic E-state index is -4.31. The Morgan fingerprint density at radius 3 is 2.46 bits per heavy atom. The highest BCUT2D eigenvalue weighted by atomic mass is 19.4. The largest absolute Gasteiger partial charge is 0.416 e. The number of benzene rings is 3. The maximum Gasteiger partial charge on any atom is 0.416 e. The Hall–Kier alpha value is -2.84. The van der Waals surface area contributed by atoms with Crippen LogP contribution >= 0.6 is 0 Å². The summed E-state index contributed by atoms with van der Waals surface area (Å²) in [5, 5.41) is 14.7. The van der Waals surface area contributed by atoms with Gasteiger partial charge in [0.2, 0.25) is 0 Å². The van der Waals surface area contributed by atoms with Crippen LogP contribution in [-0.4, -0.2) is 6.54 Å². The average molecular weight is 381 g/mol. The van der Waals surface area contributed by atoms with E-state index in [0.717, 1.165) is 28.8 Å². The fourth-order valence-electron chi connectivity index (χ4n) is 3.42. The predicted octanol–water partition coefficient (Wildman–Crippen LogP) is 6.01. The summed E-state index contributed by atoms with van der Waals surface area (Å²) >= 11 is 0. The van der Waals surface area contributed by atoms with Gasteiger partial charge in [-0.15, -0.1) is 0 Å². The zero-order valence-corrected chi connectivity index (χ0v) is 15.6. The second-order valence-corrected chi connectivity index (χ2v) is 6.84. The summed E-state index contributed by atoms with van der Waals surface area (Å²) in [6.07, 6.45) is -2.99. The standard InChI is InChI=1S/C23H21F3N2/c1-16(20-12-11-18(15-27)21-9-2-3-10-22(20)21)28-13-5-7-17-6-4-8-19(14-17)23(24,25)26/h2-4,6,8-12,14,16,28H,5,7,13H2,1H3/t16-/m1/s1/i15-1. The van der Waals surface area contributed by atoms with Crippen LogP contribution in [0.1, 0.15) is 41.6 Å². The number of rotatable bonds is 6. The molecule has 3 rings (SSSR count). The van der Waals surface area contributed by atoms with Gasteiger partial charge >= 0.3 is 6.18 Å². The van der Waals surface area contributed by atoms with Gasteiger partial charge in [0.05, 0.1) is 17.2 Å². The van der Waals surface area contributed by atoms with Crippen molar-refractivity contribution in [1.82, 2.24) is 5.32 Å². The Bertz CT molecular complexity index is 1000. The van der Waals surface area contributed by atoms with Crippen molar-refractivity contribution in [3.63, 3.8) is 0 Å². The van der Waals surface area contributed by atoms with E-state index < -0.39 is 11.7 Å². The minimum Gasteiger partial charge on any atom is -0.310 e. The molecule has 5 heteroatoms. The van der Waals surface area contributed by atoms with E-state index in [1.165, 1.54) is 12.1 Å². The van der Waals surface area contributed by atoms with Crippen molar-refractivity contribution in [2.45, 2.75) is 32.0 Å². The fourth-order valence-corrected chi connectivity index (χ4v) is 3.42. The number of fused-ring (bicyclic) bond motifs is 1. The quantitative estimate of drug-likeness (QED) is 0.531. The summed E-state index contributed by atoms with van der Waals surface area (Å²) < 4.78 is 38.4. The topological polar surface area (TPSA) is 35.8 Å². The van der Waals surface area contributed by atoms with Crippen LogP contribution in [0.25, 0.3) is 10.8 Å². The van der Waals surface area contributed by atoms with Crippen molar-refractivity contribution in [3.8, 4) is 6.07 Å². The Labute approximate surface area is 162 Å². The third-order valence-corrected chi connectivity index (χ3v) is 4.89. The third-order valence-electron chi connectivity index (χ3n) is 4.89. The number of hydrogen-bond donors (Lipinski definition) is 1. The highest BCUT2D eigenvalue weighted by Gasteiger charge is 2.30. The van der Waals surface area contributed by atoms with Crippen LogP contribution < -0.4 is 5.32 Å². The highest BCUT2D eigenvalue weighted by Crippen LogP contribution is 2.30. The Morgan fingerprint density at radius 2 is 1.75 bits per heavy atom. The second-order valence-electron chi connectivity index (χ2n) is 6.84. The zero-order chi connectivity index (χ0) is 20.1. The molecule has 0 unspecified atom stereocenters. The molecule has 28 heavy (non-hydrogen) atoms. The molecule has 0 aliphatic carbocycles. The molecule has 0 amide bonds. The summed E-state index contributed by atoms with van der Waals surface area (Å²) in [5.41, 5.74) is 1.84. The van der Waals surface area contributed by atoms with Gasteiger partial charge in [-0.2, -0.15) is 18.4 Å². The van der Waals surface area contributed by atoms with Crippen molar-refractivity contribution in [3.05, 3.63) is 82.9 Å². The van der Waals surface area contributed by atoms with Gasteiger partial charge in [-0.3, -0.25) is 0 Å². The second kappa shape index (κ2) is 8.45.